The van der Waals surface area contributed by atoms with Crippen LogP contribution < -0.4 is 10.2 Å². The molecular formula is C22H36F3IN6. The van der Waals surface area contributed by atoms with Crippen molar-refractivity contribution in [3.63, 3.8) is 0 Å². The summed E-state index contributed by atoms with van der Waals surface area (Å²) in [6.45, 7) is 9.35. The van der Waals surface area contributed by atoms with Gasteiger partial charge in [-0.1, -0.05) is 6.07 Å². The molecule has 1 N–H and O–H groups in total. The van der Waals surface area contributed by atoms with Crippen LogP contribution >= 0.6 is 24.0 Å². The van der Waals surface area contributed by atoms with E-state index in [0.717, 1.165) is 64.3 Å². The van der Waals surface area contributed by atoms with Gasteiger partial charge in [-0.25, -0.2) is 0 Å². The maximum absolute atomic E-state index is 13.0. The lowest BCUT2D eigenvalue weighted by atomic mass is 10.1. The van der Waals surface area contributed by atoms with Gasteiger partial charge in [0.2, 0.25) is 0 Å². The number of rotatable bonds is 5. The summed E-state index contributed by atoms with van der Waals surface area (Å²) in [5.41, 5.74) is 0.0291. The topological polar surface area (TPSA) is 37.4 Å². The standard InChI is InChI=1S/C22H35F3N6.HI/c1-26-21(27-8-4-10-29-11-5-9-28(2)12-13-29)31-16-14-30(15-17-31)20-7-3-6-19(18-20)22(23,24)25;/h3,6-7,18H,4-5,8-17H2,1-2H3,(H,26,27);1H. The summed E-state index contributed by atoms with van der Waals surface area (Å²) in [5.74, 6) is 0.874. The van der Waals surface area contributed by atoms with E-state index in [1.807, 2.05) is 4.90 Å². The van der Waals surface area contributed by atoms with E-state index in [1.54, 1.807) is 13.1 Å². The molecule has 2 fully saturated rings. The van der Waals surface area contributed by atoms with Crippen molar-refractivity contribution in [2.75, 3.05) is 84.4 Å². The number of alkyl halides is 3. The number of aliphatic imine (C=N–C) groups is 1. The minimum atomic E-state index is -4.31. The van der Waals surface area contributed by atoms with Crippen LogP contribution in [0.25, 0.3) is 0 Å². The van der Waals surface area contributed by atoms with Crippen molar-refractivity contribution in [2.24, 2.45) is 4.99 Å². The van der Waals surface area contributed by atoms with Gasteiger partial charge in [-0.2, -0.15) is 13.2 Å². The van der Waals surface area contributed by atoms with Gasteiger partial charge < -0.3 is 24.9 Å². The molecule has 32 heavy (non-hydrogen) atoms. The van der Waals surface area contributed by atoms with Crippen LogP contribution in [-0.4, -0.2) is 100 Å². The Labute approximate surface area is 206 Å². The summed E-state index contributed by atoms with van der Waals surface area (Å²) >= 11 is 0. The highest BCUT2D eigenvalue weighted by Gasteiger charge is 2.31. The number of guanidine groups is 1. The first-order valence-electron chi connectivity index (χ1n) is 11.2. The van der Waals surface area contributed by atoms with Crippen LogP contribution in [0.4, 0.5) is 18.9 Å². The average Bonchev–Trinajstić information content (AvgIpc) is 2.97. The zero-order valence-electron chi connectivity index (χ0n) is 19.1. The highest BCUT2D eigenvalue weighted by Crippen LogP contribution is 2.31. The molecule has 0 amide bonds. The molecule has 0 unspecified atom stereocenters. The van der Waals surface area contributed by atoms with Gasteiger partial charge in [0.05, 0.1) is 5.56 Å². The Balaban J connectivity index is 0.00000363. The fourth-order valence-corrected chi connectivity index (χ4v) is 4.21. The maximum atomic E-state index is 13.0. The van der Waals surface area contributed by atoms with E-state index in [2.05, 4.69) is 32.1 Å². The number of hydrogen-bond acceptors (Lipinski definition) is 4. The van der Waals surface area contributed by atoms with Gasteiger partial charge in [-0.3, -0.25) is 4.99 Å². The third-order valence-electron chi connectivity index (χ3n) is 6.08. The van der Waals surface area contributed by atoms with Crippen LogP contribution in [-0.2, 0) is 6.18 Å². The van der Waals surface area contributed by atoms with Crippen LogP contribution in [0.2, 0.25) is 0 Å². The van der Waals surface area contributed by atoms with Gasteiger partial charge in [-0.05, 0) is 57.7 Å². The summed E-state index contributed by atoms with van der Waals surface area (Å²) in [6.07, 6.45) is -2.03. The minimum Gasteiger partial charge on any atom is -0.368 e. The van der Waals surface area contributed by atoms with E-state index >= 15 is 0 Å². The number of nitrogens with one attached hydrogen (secondary N) is 1. The minimum absolute atomic E-state index is 0. The molecule has 10 heteroatoms. The van der Waals surface area contributed by atoms with Crippen LogP contribution in [0.5, 0.6) is 0 Å². The SMILES string of the molecule is CN=C(NCCCN1CCCN(C)CC1)N1CCN(c2cccc(C(F)(F)F)c2)CC1.I. The Morgan fingerprint density at radius 1 is 1.03 bits per heavy atom. The highest BCUT2D eigenvalue weighted by molar-refractivity contribution is 14.0. The Morgan fingerprint density at radius 2 is 1.78 bits per heavy atom. The van der Waals surface area contributed by atoms with E-state index in [1.165, 1.54) is 25.1 Å². The van der Waals surface area contributed by atoms with Crippen LogP contribution in [0.15, 0.2) is 29.3 Å². The molecule has 2 aliphatic rings. The quantitative estimate of drug-likeness (QED) is 0.256. The number of nitrogens with zero attached hydrogens (tertiary/aromatic N) is 5. The third kappa shape index (κ3) is 7.95. The van der Waals surface area contributed by atoms with Crippen molar-refractivity contribution in [1.82, 2.24) is 20.0 Å². The molecule has 0 aliphatic carbocycles. The van der Waals surface area contributed by atoms with E-state index < -0.39 is 11.7 Å². The second-order valence-corrected chi connectivity index (χ2v) is 8.35. The normalized spacial score (nSPS) is 19.5. The van der Waals surface area contributed by atoms with E-state index in [0.29, 0.717) is 18.8 Å². The molecule has 3 rings (SSSR count). The zero-order valence-corrected chi connectivity index (χ0v) is 21.4. The predicted octanol–water partition coefficient (Wildman–Crippen LogP) is 3.05. The molecular weight excluding hydrogens is 532 g/mol. The molecule has 1 aromatic rings. The van der Waals surface area contributed by atoms with Crippen molar-refractivity contribution in [2.45, 2.75) is 19.0 Å². The predicted molar refractivity (Wildman–Crippen MR) is 135 cm³/mol. The van der Waals surface area contributed by atoms with Gasteiger partial charge in [-0.15, -0.1) is 24.0 Å². The second kappa shape index (κ2) is 12.8. The molecule has 2 saturated heterocycles. The summed E-state index contributed by atoms with van der Waals surface area (Å²) in [4.78, 5) is 13.5. The second-order valence-electron chi connectivity index (χ2n) is 8.35. The molecule has 182 valence electrons. The van der Waals surface area contributed by atoms with Crippen LogP contribution in [0.3, 0.4) is 0 Å². The molecule has 0 aromatic heterocycles. The third-order valence-corrected chi connectivity index (χ3v) is 6.08. The van der Waals surface area contributed by atoms with Crippen molar-refractivity contribution in [3.05, 3.63) is 29.8 Å². The monoisotopic (exact) mass is 568 g/mol. The molecule has 2 aliphatic heterocycles. The van der Waals surface area contributed by atoms with Crippen molar-refractivity contribution in [3.8, 4) is 0 Å². The molecule has 2 heterocycles. The molecule has 6 nitrogen and oxygen atoms in total. The molecule has 0 atom stereocenters. The molecule has 1 aromatic carbocycles. The number of halogens is 4. The Bertz CT molecular complexity index is 722. The van der Waals surface area contributed by atoms with E-state index in [-0.39, 0.29) is 24.0 Å². The van der Waals surface area contributed by atoms with Gasteiger partial charge >= 0.3 is 6.18 Å². The van der Waals surface area contributed by atoms with Crippen molar-refractivity contribution < 1.29 is 13.2 Å². The first kappa shape index (κ1) is 27.0. The van der Waals surface area contributed by atoms with Crippen molar-refractivity contribution >= 4 is 35.6 Å². The number of anilines is 1. The number of hydrogen-bond donors (Lipinski definition) is 1. The van der Waals surface area contributed by atoms with Gasteiger partial charge in [0.15, 0.2) is 5.96 Å². The fourth-order valence-electron chi connectivity index (χ4n) is 4.21. The summed E-state index contributed by atoms with van der Waals surface area (Å²) in [5, 5.41) is 3.46. The molecule has 0 radical (unpaired) electrons. The van der Waals surface area contributed by atoms with Crippen LogP contribution in [0.1, 0.15) is 18.4 Å². The largest absolute Gasteiger partial charge is 0.416 e. The van der Waals surface area contributed by atoms with Gasteiger partial charge in [0.25, 0.3) is 0 Å². The molecule has 0 saturated carbocycles. The summed E-state index contributed by atoms with van der Waals surface area (Å²) in [6, 6.07) is 5.59. The summed E-state index contributed by atoms with van der Waals surface area (Å²) in [7, 11) is 3.97. The Morgan fingerprint density at radius 3 is 2.47 bits per heavy atom. The van der Waals surface area contributed by atoms with Gasteiger partial charge in [0.1, 0.15) is 0 Å². The van der Waals surface area contributed by atoms with Gasteiger partial charge in [0, 0.05) is 58.5 Å². The molecule has 0 spiro atoms. The van der Waals surface area contributed by atoms with Crippen molar-refractivity contribution in [1.29, 1.82) is 0 Å². The van der Waals surface area contributed by atoms with Crippen LogP contribution in [0, 0.1) is 0 Å². The van der Waals surface area contributed by atoms with E-state index in [9.17, 15) is 13.2 Å². The smallest absolute Gasteiger partial charge is 0.368 e. The zero-order chi connectivity index (χ0) is 22.3. The van der Waals surface area contributed by atoms with E-state index in [4.69, 9.17) is 0 Å². The molecule has 0 bridgehead atoms. The average molecular weight is 568 g/mol. The Hall–Kier alpha value is -1.27. The number of piperazine rings is 1. The first-order valence-corrected chi connectivity index (χ1v) is 11.2. The maximum Gasteiger partial charge on any atom is 0.416 e. The lowest BCUT2D eigenvalue weighted by molar-refractivity contribution is -0.137. The lowest BCUT2D eigenvalue weighted by Crippen LogP contribution is -2.52. The fraction of sp³-hybridized carbons (Fsp3) is 0.682. The number of benzene rings is 1. The number of likely N-dealkylation sites (N-methyl/N-ethyl adjacent to an activating group) is 1. The Kier molecular flexibility index (Phi) is 10.8. The lowest BCUT2D eigenvalue weighted by Gasteiger charge is -2.38. The highest BCUT2D eigenvalue weighted by atomic mass is 127. The summed E-state index contributed by atoms with van der Waals surface area (Å²) < 4.78 is 39.0. The first-order chi connectivity index (χ1) is 14.9.